The van der Waals surface area contributed by atoms with Crippen LogP contribution in [0.3, 0.4) is 0 Å². The highest BCUT2D eigenvalue weighted by Crippen LogP contribution is 1.96. The van der Waals surface area contributed by atoms with E-state index in [1.807, 2.05) is 56.3 Å². The number of urea groups is 1. The van der Waals surface area contributed by atoms with Crippen molar-refractivity contribution < 1.29 is 4.79 Å². The zero-order chi connectivity index (χ0) is 16.8. The number of nitrogens with one attached hydrogen (secondary N) is 2. The van der Waals surface area contributed by atoms with Gasteiger partial charge in [0.25, 0.3) is 0 Å². The van der Waals surface area contributed by atoms with E-state index in [0.717, 1.165) is 18.7 Å². The van der Waals surface area contributed by atoms with Crippen molar-refractivity contribution in [2.45, 2.75) is 13.3 Å². The van der Waals surface area contributed by atoms with Crippen LogP contribution in [0, 0.1) is 0 Å². The first-order valence-corrected chi connectivity index (χ1v) is 7.64. The summed E-state index contributed by atoms with van der Waals surface area (Å²) >= 11 is 5.57. The summed E-state index contributed by atoms with van der Waals surface area (Å²) in [4.78, 5) is 13.9. The lowest BCUT2D eigenvalue weighted by Crippen LogP contribution is -2.33. The Morgan fingerprint density at radius 2 is 1.95 bits per heavy atom. The molecule has 0 saturated heterocycles. The van der Waals surface area contributed by atoms with Gasteiger partial charge in [0.05, 0.1) is 0 Å². The fourth-order valence-corrected chi connectivity index (χ4v) is 1.54. The van der Waals surface area contributed by atoms with Gasteiger partial charge in [0.2, 0.25) is 0 Å². The molecule has 0 atom stereocenters. The summed E-state index contributed by atoms with van der Waals surface area (Å²) in [6, 6.07) is -0.290. The summed E-state index contributed by atoms with van der Waals surface area (Å²) in [7, 11) is 3.96. The molecular formula is C17H26ClN3O. The van der Waals surface area contributed by atoms with Crippen molar-refractivity contribution >= 4 is 17.6 Å². The third-order valence-electron chi connectivity index (χ3n) is 2.39. The van der Waals surface area contributed by atoms with Crippen LogP contribution < -0.4 is 10.6 Å². The van der Waals surface area contributed by atoms with E-state index >= 15 is 0 Å². The highest BCUT2D eigenvalue weighted by Gasteiger charge is 2.01. The molecule has 0 radical (unpaired) electrons. The molecule has 0 unspecified atom stereocenters. The van der Waals surface area contributed by atoms with Crippen LogP contribution >= 0.6 is 11.6 Å². The van der Waals surface area contributed by atoms with Crippen LogP contribution in [0.15, 0.2) is 60.5 Å². The SMILES string of the molecule is C=C/C=C(\C=C/CN(C)C)NC(=O)N/C(C)=C/C=CCCCl. The smallest absolute Gasteiger partial charge is 0.312 e. The van der Waals surface area contributed by atoms with E-state index in [-0.39, 0.29) is 6.03 Å². The molecule has 0 heterocycles. The second kappa shape index (κ2) is 12.9. The lowest BCUT2D eigenvalue weighted by molar-refractivity contribution is 0.246. The zero-order valence-corrected chi connectivity index (χ0v) is 14.4. The van der Waals surface area contributed by atoms with Crippen LogP contribution in [-0.2, 0) is 0 Å². The van der Waals surface area contributed by atoms with Gasteiger partial charge < -0.3 is 15.5 Å². The monoisotopic (exact) mass is 323 g/mol. The van der Waals surface area contributed by atoms with E-state index in [0.29, 0.717) is 11.6 Å². The van der Waals surface area contributed by atoms with Crippen LogP contribution in [0.2, 0.25) is 0 Å². The summed E-state index contributed by atoms with van der Waals surface area (Å²) in [5.74, 6) is 0.590. The van der Waals surface area contributed by atoms with Crippen LogP contribution in [0.5, 0.6) is 0 Å². The molecule has 2 amide bonds. The third kappa shape index (κ3) is 12.0. The lowest BCUT2D eigenvalue weighted by Gasteiger charge is -2.09. The van der Waals surface area contributed by atoms with Gasteiger partial charge in [-0.15, -0.1) is 11.6 Å². The first-order valence-electron chi connectivity index (χ1n) is 7.11. The van der Waals surface area contributed by atoms with Crippen molar-refractivity contribution in [2.24, 2.45) is 0 Å². The lowest BCUT2D eigenvalue weighted by atomic mass is 10.3. The van der Waals surface area contributed by atoms with Crippen LogP contribution in [0.1, 0.15) is 13.3 Å². The van der Waals surface area contributed by atoms with E-state index < -0.39 is 0 Å². The van der Waals surface area contributed by atoms with Gasteiger partial charge in [-0.1, -0.05) is 30.9 Å². The number of hydrogen-bond acceptors (Lipinski definition) is 2. The van der Waals surface area contributed by atoms with Crippen molar-refractivity contribution in [3.63, 3.8) is 0 Å². The summed E-state index contributed by atoms with van der Waals surface area (Å²) in [6.07, 6.45) is 13.6. The number of rotatable bonds is 9. The molecule has 5 heteroatoms. The minimum atomic E-state index is -0.290. The molecule has 22 heavy (non-hydrogen) atoms. The van der Waals surface area contributed by atoms with Crippen molar-refractivity contribution in [1.82, 2.24) is 15.5 Å². The molecule has 0 aromatic carbocycles. The largest absolute Gasteiger partial charge is 0.323 e. The molecule has 0 bridgehead atoms. The normalized spacial score (nSPS) is 13.1. The molecule has 0 spiro atoms. The molecule has 0 fully saturated rings. The molecule has 4 nitrogen and oxygen atoms in total. The quantitative estimate of drug-likeness (QED) is 0.503. The molecular weight excluding hydrogens is 298 g/mol. The zero-order valence-electron chi connectivity index (χ0n) is 13.6. The van der Waals surface area contributed by atoms with Crippen molar-refractivity contribution in [3.8, 4) is 0 Å². The summed E-state index contributed by atoms with van der Waals surface area (Å²) in [5.41, 5.74) is 1.43. The Bertz CT molecular complexity index is 463. The Morgan fingerprint density at radius 1 is 1.23 bits per heavy atom. The third-order valence-corrected chi connectivity index (χ3v) is 2.61. The maximum Gasteiger partial charge on any atom is 0.323 e. The first-order chi connectivity index (χ1) is 10.5. The molecule has 0 aliphatic carbocycles. The average molecular weight is 324 g/mol. The van der Waals surface area contributed by atoms with Gasteiger partial charge in [0.15, 0.2) is 0 Å². The summed E-state index contributed by atoms with van der Waals surface area (Å²) in [6.45, 7) is 6.26. The van der Waals surface area contributed by atoms with Gasteiger partial charge in [0.1, 0.15) is 0 Å². The minimum Gasteiger partial charge on any atom is -0.312 e. The summed E-state index contributed by atoms with van der Waals surface area (Å²) < 4.78 is 0. The number of amides is 2. The topological polar surface area (TPSA) is 44.4 Å². The standard InChI is InChI=1S/C17H26ClN3O/c1-5-10-16(12-9-14-21(3)4)20-17(22)19-15(2)11-7-6-8-13-18/h5-7,9-12H,1,8,13-14H2,2-4H3,(H2,19,20,22)/b7-6?,12-9-,15-11+,16-10+. The molecule has 0 aliphatic rings. The van der Waals surface area contributed by atoms with Gasteiger partial charge >= 0.3 is 6.03 Å². The van der Waals surface area contributed by atoms with E-state index in [9.17, 15) is 4.79 Å². The van der Waals surface area contributed by atoms with Gasteiger partial charge in [-0.3, -0.25) is 0 Å². The van der Waals surface area contributed by atoms with Gasteiger partial charge in [-0.2, -0.15) is 0 Å². The molecule has 0 rings (SSSR count). The van der Waals surface area contributed by atoms with Crippen LogP contribution in [0.25, 0.3) is 0 Å². The van der Waals surface area contributed by atoms with Gasteiger partial charge in [0, 0.05) is 23.8 Å². The van der Waals surface area contributed by atoms with E-state index in [4.69, 9.17) is 11.6 Å². The average Bonchev–Trinajstić information content (AvgIpc) is 2.43. The number of allylic oxidation sites excluding steroid dienone is 7. The summed E-state index contributed by atoms with van der Waals surface area (Å²) in [5, 5.41) is 5.52. The van der Waals surface area contributed by atoms with E-state index in [1.54, 1.807) is 12.2 Å². The number of alkyl halides is 1. The van der Waals surface area contributed by atoms with E-state index in [1.165, 1.54) is 0 Å². The first kappa shape index (κ1) is 20.2. The van der Waals surface area contributed by atoms with Crippen LogP contribution in [-0.4, -0.2) is 37.5 Å². The number of hydrogen-bond donors (Lipinski definition) is 2. The Morgan fingerprint density at radius 3 is 2.55 bits per heavy atom. The molecule has 0 saturated carbocycles. The molecule has 2 N–H and O–H groups in total. The fraction of sp³-hybridized carbons (Fsp3) is 0.353. The second-order valence-corrected chi connectivity index (χ2v) is 5.23. The number of nitrogens with zero attached hydrogens (tertiary/aromatic N) is 1. The maximum absolute atomic E-state index is 11.9. The predicted molar refractivity (Wildman–Crippen MR) is 95.9 cm³/mol. The van der Waals surface area contributed by atoms with Gasteiger partial charge in [-0.05, 0) is 45.7 Å². The number of carbonyl (C=O) groups excluding carboxylic acids is 1. The van der Waals surface area contributed by atoms with Crippen molar-refractivity contribution in [1.29, 1.82) is 0 Å². The Balaban J connectivity index is 4.49. The predicted octanol–water partition coefficient (Wildman–Crippen LogP) is 3.56. The number of likely N-dealkylation sites (N-methyl/N-ethyl adjacent to an activating group) is 1. The minimum absolute atomic E-state index is 0.290. The molecule has 0 aromatic heterocycles. The Hall–Kier alpha value is -1.78. The fourth-order valence-electron chi connectivity index (χ4n) is 1.41. The maximum atomic E-state index is 11.9. The van der Waals surface area contributed by atoms with Crippen molar-refractivity contribution in [2.75, 3.05) is 26.5 Å². The Labute approximate surface area is 138 Å². The van der Waals surface area contributed by atoms with Gasteiger partial charge in [-0.25, -0.2) is 4.79 Å². The molecule has 0 aromatic rings. The number of halogens is 1. The van der Waals surface area contributed by atoms with Crippen LogP contribution in [0.4, 0.5) is 4.79 Å². The molecule has 0 aliphatic heterocycles. The van der Waals surface area contributed by atoms with E-state index in [2.05, 4.69) is 17.2 Å². The molecule has 122 valence electrons. The number of carbonyl (C=O) groups is 1. The Kier molecular flexibility index (Phi) is 11.9. The van der Waals surface area contributed by atoms with Crippen molar-refractivity contribution in [3.05, 3.63) is 60.5 Å². The second-order valence-electron chi connectivity index (χ2n) is 4.86. The highest BCUT2D eigenvalue weighted by molar-refractivity contribution is 6.17. The highest BCUT2D eigenvalue weighted by atomic mass is 35.5.